The number of esters is 1. The normalized spacial score (nSPS) is 21.7. The van der Waals surface area contributed by atoms with Crippen molar-refractivity contribution in [3.8, 4) is 0 Å². The van der Waals surface area contributed by atoms with Crippen molar-refractivity contribution in [1.29, 1.82) is 0 Å². The van der Waals surface area contributed by atoms with Crippen molar-refractivity contribution in [3.05, 3.63) is 35.4 Å². The quantitative estimate of drug-likeness (QED) is 0.794. The summed E-state index contributed by atoms with van der Waals surface area (Å²) in [4.78, 5) is 11.8. The highest BCUT2D eigenvalue weighted by Gasteiger charge is 2.35. The Morgan fingerprint density at radius 2 is 2.18 bits per heavy atom. The standard InChI is InChI=1S/C14H19NO2/c1-4-17-13(16)12-9-10-7-5-6-8-11(10)14(2,3)15-12/h5-8,12,15H,4,9H2,1-3H3. The van der Waals surface area contributed by atoms with E-state index in [1.165, 1.54) is 11.1 Å². The van der Waals surface area contributed by atoms with Gasteiger partial charge in [-0.1, -0.05) is 24.3 Å². The van der Waals surface area contributed by atoms with E-state index in [1.807, 2.05) is 19.1 Å². The fourth-order valence-electron chi connectivity index (χ4n) is 2.48. The Hall–Kier alpha value is -1.35. The first kappa shape index (κ1) is 12.1. The molecule has 2 rings (SSSR count). The molecule has 0 aromatic heterocycles. The molecule has 1 unspecified atom stereocenters. The van der Waals surface area contributed by atoms with Gasteiger partial charge >= 0.3 is 5.97 Å². The van der Waals surface area contributed by atoms with Crippen LogP contribution in [0.15, 0.2) is 24.3 Å². The number of ether oxygens (including phenoxy) is 1. The minimum atomic E-state index is -0.236. The SMILES string of the molecule is CCOC(=O)C1Cc2ccccc2C(C)(C)N1. The smallest absolute Gasteiger partial charge is 0.323 e. The lowest BCUT2D eigenvalue weighted by molar-refractivity contribution is -0.146. The van der Waals surface area contributed by atoms with Crippen molar-refractivity contribution < 1.29 is 9.53 Å². The Balaban J connectivity index is 2.28. The molecule has 1 heterocycles. The van der Waals surface area contributed by atoms with Crippen LogP contribution in [0.5, 0.6) is 0 Å². The van der Waals surface area contributed by atoms with Gasteiger partial charge in [-0.2, -0.15) is 0 Å². The highest BCUT2D eigenvalue weighted by atomic mass is 16.5. The van der Waals surface area contributed by atoms with E-state index in [0.717, 1.165) is 0 Å². The van der Waals surface area contributed by atoms with Crippen LogP contribution in [-0.2, 0) is 21.5 Å². The van der Waals surface area contributed by atoms with Crippen LogP contribution in [0, 0.1) is 0 Å². The summed E-state index contributed by atoms with van der Waals surface area (Å²) in [5, 5.41) is 3.36. The molecule has 17 heavy (non-hydrogen) atoms. The molecular weight excluding hydrogens is 214 g/mol. The molecule has 0 amide bonds. The van der Waals surface area contributed by atoms with E-state index in [0.29, 0.717) is 13.0 Å². The van der Waals surface area contributed by atoms with E-state index in [9.17, 15) is 4.79 Å². The highest BCUT2D eigenvalue weighted by molar-refractivity contribution is 5.77. The zero-order valence-electron chi connectivity index (χ0n) is 10.6. The molecule has 1 aliphatic rings. The number of hydrogen-bond donors (Lipinski definition) is 1. The number of benzene rings is 1. The Morgan fingerprint density at radius 1 is 1.47 bits per heavy atom. The molecule has 0 radical (unpaired) electrons. The second kappa shape index (κ2) is 4.49. The molecule has 0 saturated carbocycles. The van der Waals surface area contributed by atoms with Crippen molar-refractivity contribution in [3.63, 3.8) is 0 Å². The molecular formula is C14H19NO2. The third-order valence-electron chi connectivity index (χ3n) is 3.22. The third kappa shape index (κ3) is 2.34. The first-order valence-electron chi connectivity index (χ1n) is 6.07. The largest absolute Gasteiger partial charge is 0.465 e. The molecule has 92 valence electrons. The van der Waals surface area contributed by atoms with Gasteiger partial charge in [0.15, 0.2) is 0 Å². The van der Waals surface area contributed by atoms with Gasteiger partial charge < -0.3 is 4.74 Å². The number of carbonyl (C=O) groups excluding carboxylic acids is 1. The van der Waals surface area contributed by atoms with E-state index < -0.39 is 0 Å². The van der Waals surface area contributed by atoms with Crippen LogP contribution in [0.2, 0.25) is 0 Å². The molecule has 0 fully saturated rings. The van der Waals surface area contributed by atoms with E-state index in [2.05, 4.69) is 31.3 Å². The van der Waals surface area contributed by atoms with Crippen LogP contribution in [0.1, 0.15) is 31.9 Å². The predicted octanol–water partition coefficient (Wildman–Crippen LogP) is 2.00. The lowest BCUT2D eigenvalue weighted by Gasteiger charge is -2.38. The van der Waals surface area contributed by atoms with Crippen LogP contribution in [-0.4, -0.2) is 18.6 Å². The molecule has 0 spiro atoms. The fraction of sp³-hybridized carbons (Fsp3) is 0.500. The number of hydrogen-bond acceptors (Lipinski definition) is 3. The molecule has 1 aromatic rings. The molecule has 3 nitrogen and oxygen atoms in total. The Labute approximate surface area is 102 Å². The summed E-state index contributed by atoms with van der Waals surface area (Å²) >= 11 is 0. The summed E-state index contributed by atoms with van der Waals surface area (Å²) < 4.78 is 5.09. The zero-order valence-corrected chi connectivity index (χ0v) is 10.6. The molecule has 1 atom stereocenters. The Kier molecular flexibility index (Phi) is 3.20. The molecule has 0 saturated heterocycles. The molecule has 0 bridgehead atoms. The molecule has 1 N–H and O–H groups in total. The van der Waals surface area contributed by atoms with Gasteiger partial charge in [0.25, 0.3) is 0 Å². The van der Waals surface area contributed by atoms with Gasteiger partial charge in [0, 0.05) is 5.54 Å². The molecule has 1 aliphatic heterocycles. The number of carbonyl (C=O) groups is 1. The van der Waals surface area contributed by atoms with Crippen LogP contribution >= 0.6 is 0 Å². The van der Waals surface area contributed by atoms with Crippen molar-refractivity contribution >= 4 is 5.97 Å². The summed E-state index contributed by atoms with van der Waals surface area (Å²) in [5.41, 5.74) is 2.31. The maximum atomic E-state index is 11.8. The van der Waals surface area contributed by atoms with Crippen molar-refractivity contribution in [2.24, 2.45) is 0 Å². The zero-order chi connectivity index (χ0) is 12.5. The third-order valence-corrected chi connectivity index (χ3v) is 3.22. The second-order valence-corrected chi connectivity index (χ2v) is 4.94. The highest BCUT2D eigenvalue weighted by Crippen LogP contribution is 2.30. The lowest BCUT2D eigenvalue weighted by atomic mass is 9.82. The minimum absolute atomic E-state index is 0.157. The number of nitrogens with one attached hydrogen (secondary N) is 1. The van der Waals surface area contributed by atoms with Crippen LogP contribution in [0.3, 0.4) is 0 Å². The predicted molar refractivity (Wildman–Crippen MR) is 66.7 cm³/mol. The first-order valence-corrected chi connectivity index (χ1v) is 6.07. The topological polar surface area (TPSA) is 38.3 Å². The summed E-state index contributed by atoms with van der Waals surface area (Å²) in [6, 6.07) is 8.02. The Bertz CT molecular complexity index is 426. The summed E-state index contributed by atoms with van der Waals surface area (Å²) in [6.45, 7) is 6.45. The number of rotatable bonds is 2. The van der Waals surface area contributed by atoms with Gasteiger partial charge in [-0.15, -0.1) is 0 Å². The maximum Gasteiger partial charge on any atom is 0.323 e. The monoisotopic (exact) mass is 233 g/mol. The van der Waals surface area contributed by atoms with Gasteiger partial charge in [0.05, 0.1) is 6.61 Å². The van der Waals surface area contributed by atoms with Crippen LogP contribution in [0.4, 0.5) is 0 Å². The average Bonchev–Trinajstić information content (AvgIpc) is 2.28. The number of fused-ring (bicyclic) bond motifs is 1. The lowest BCUT2D eigenvalue weighted by Crippen LogP contribution is -2.53. The molecule has 1 aromatic carbocycles. The average molecular weight is 233 g/mol. The second-order valence-electron chi connectivity index (χ2n) is 4.94. The fourth-order valence-corrected chi connectivity index (χ4v) is 2.48. The summed E-state index contributed by atoms with van der Waals surface area (Å²) in [6.07, 6.45) is 0.707. The summed E-state index contributed by atoms with van der Waals surface area (Å²) in [5.74, 6) is -0.157. The van der Waals surface area contributed by atoms with E-state index in [4.69, 9.17) is 4.74 Å². The molecule has 0 aliphatic carbocycles. The van der Waals surface area contributed by atoms with Gasteiger partial charge in [0.1, 0.15) is 6.04 Å². The van der Waals surface area contributed by atoms with Crippen LogP contribution in [0.25, 0.3) is 0 Å². The van der Waals surface area contributed by atoms with Crippen molar-refractivity contribution in [2.75, 3.05) is 6.61 Å². The van der Waals surface area contributed by atoms with Crippen LogP contribution < -0.4 is 5.32 Å². The summed E-state index contributed by atoms with van der Waals surface area (Å²) in [7, 11) is 0. The van der Waals surface area contributed by atoms with Crippen molar-refractivity contribution in [1.82, 2.24) is 5.32 Å². The van der Waals surface area contributed by atoms with Gasteiger partial charge in [0.2, 0.25) is 0 Å². The maximum absolute atomic E-state index is 11.8. The van der Waals surface area contributed by atoms with E-state index in [1.54, 1.807) is 0 Å². The van der Waals surface area contributed by atoms with E-state index in [-0.39, 0.29) is 17.6 Å². The van der Waals surface area contributed by atoms with E-state index >= 15 is 0 Å². The minimum Gasteiger partial charge on any atom is -0.465 e. The molecule has 3 heteroatoms. The van der Waals surface area contributed by atoms with Gasteiger partial charge in [-0.25, -0.2) is 0 Å². The Morgan fingerprint density at radius 3 is 2.88 bits per heavy atom. The van der Waals surface area contributed by atoms with Gasteiger partial charge in [-0.3, -0.25) is 10.1 Å². The van der Waals surface area contributed by atoms with Gasteiger partial charge in [-0.05, 0) is 38.3 Å². The van der Waals surface area contributed by atoms with Crippen molar-refractivity contribution in [2.45, 2.75) is 38.8 Å². The first-order chi connectivity index (χ1) is 8.04.